The lowest BCUT2D eigenvalue weighted by Crippen LogP contribution is -2.64. The van der Waals surface area contributed by atoms with Crippen molar-refractivity contribution < 1.29 is 9.59 Å². The van der Waals surface area contributed by atoms with Crippen molar-refractivity contribution in [1.82, 2.24) is 10.2 Å². The van der Waals surface area contributed by atoms with Gasteiger partial charge in [0.1, 0.15) is 12.1 Å². The van der Waals surface area contributed by atoms with Crippen LogP contribution in [-0.4, -0.2) is 35.3 Å². The van der Waals surface area contributed by atoms with E-state index in [1.807, 2.05) is 20.8 Å². The van der Waals surface area contributed by atoms with Crippen molar-refractivity contribution in [3.05, 3.63) is 0 Å². The molecule has 17 heavy (non-hydrogen) atoms. The topological polar surface area (TPSA) is 49.4 Å². The summed E-state index contributed by atoms with van der Waals surface area (Å²) in [4.78, 5) is 25.8. The highest BCUT2D eigenvalue weighted by Crippen LogP contribution is 2.18. The van der Waals surface area contributed by atoms with Crippen molar-refractivity contribution in [3.63, 3.8) is 0 Å². The predicted octanol–water partition coefficient (Wildman–Crippen LogP) is 0.771. The highest BCUT2D eigenvalue weighted by atomic mass is 16.2. The Morgan fingerprint density at radius 3 is 2.59 bits per heavy atom. The zero-order chi connectivity index (χ0) is 13.0. The molecule has 0 bridgehead atoms. The average molecular weight is 236 g/mol. The highest BCUT2D eigenvalue weighted by Gasteiger charge is 2.40. The molecule has 1 saturated heterocycles. The van der Waals surface area contributed by atoms with Gasteiger partial charge in [0.25, 0.3) is 0 Å². The summed E-state index contributed by atoms with van der Waals surface area (Å²) in [7, 11) is 0. The number of nitrogens with zero attached hydrogens (tertiary/aromatic N) is 1. The Hall–Kier alpha value is -1.50. The minimum Gasteiger partial charge on any atom is -0.343 e. The van der Waals surface area contributed by atoms with E-state index in [0.29, 0.717) is 19.4 Å². The SMILES string of the molecule is C#CCCN1C(=O)C(CC)NC(=O)C1C(C)C. The molecule has 0 saturated carbocycles. The zero-order valence-corrected chi connectivity index (χ0v) is 10.7. The van der Waals surface area contributed by atoms with E-state index in [1.165, 1.54) is 0 Å². The van der Waals surface area contributed by atoms with E-state index < -0.39 is 12.1 Å². The van der Waals surface area contributed by atoms with Gasteiger partial charge in [0.2, 0.25) is 11.8 Å². The van der Waals surface area contributed by atoms with Crippen LogP contribution in [0.25, 0.3) is 0 Å². The van der Waals surface area contributed by atoms with Crippen LogP contribution in [0, 0.1) is 18.3 Å². The van der Waals surface area contributed by atoms with Gasteiger partial charge in [-0.15, -0.1) is 12.3 Å². The van der Waals surface area contributed by atoms with Crippen LogP contribution in [-0.2, 0) is 9.59 Å². The number of terminal acetylenes is 1. The molecule has 0 aromatic rings. The summed E-state index contributed by atoms with van der Waals surface area (Å²) in [6.07, 6.45) is 6.32. The van der Waals surface area contributed by atoms with Crippen molar-refractivity contribution in [3.8, 4) is 12.3 Å². The van der Waals surface area contributed by atoms with Crippen LogP contribution in [0.15, 0.2) is 0 Å². The van der Waals surface area contributed by atoms with Crippen LogP contribution >= 0.6 is 0 Å². The normalized spacial score (nSPS) is 24.8. The summed E-state index contributed by atoms with van der Waals surface area (Å²) in [5.74, 6) is 2.53. The van der Waals surface area contributed by atoms with E-state index in [9.17, 15) is 9.59 Å². The molecule has 2 unspecified atom stereocenters. The molecule has 1 aliphatic heterocycles. The Labute approximate surface area is 103 Å². The fourth-order valence-corrected chi connectivity index (χ4v) is 2.17. The molecule has 0 aromatic heterocycles. The summed E-state index contributed by atoms with van der Waals surface area (Å²) < 4.78 is 0. The summed E-state index contributed by atoms with van der Waals surface area (Å²) in [5.41, 5.74) is 0. The number of amides is 2. The lowest BCUT2D eigenvalue weighted by molar-refractivity contribution is -0.151. The first kappa shape index (κ1) is 13.6. The minimum atomic E-state index is -0.393. The minimum absolute atomic E-state index is 0.0129. The maximum absolute atomic E-state index is 12.2. The third-order valence-corrected chi connectivity index (χ3v) is 3.04. The molecular formula is C13H20N2O2. The van der Waals surface area contributed by atoms with Crippen LogP contribution in [0.3, 0.4) is 0 Å². The van der Waals surface area contributed by atoms with E-state index in [4.69, 9.17) is 6.42 Å². The second-order valence-electron chi connectivity index (χ2n) is 4.64. The van der Waals surface area contributed by atoms with Gasteiger partial charge in [-0.05, 0) is 12.3 Å². The molecule has 1 heterocycles. The fraction of sp³-hybridized carbons (Fsp3) is 0.692. The zero-order valence-electron chi connectivity index (χ0n) is 10.7. The van der Waals surface area contributed by atoms with Crippen LogP contribution in [0.5, 0.6) is 0 Å². The van der Waals surface area contributed by atoms with Crippen molar-refractivity contribution in [1.29, 1.82) is 0 Å². The van der Waals surface area contributed by atoms with Gasteiger partial charge in [0.15, 0.2) is 0 Å². The van der Waals surface area contributed by atoms with E-state index in [1.54, 1.807) is 4.90 Å². The molecule has 1 rings (SSSR count). The van der Waals surface area contributed by atoms with Gasteiger partial charge in [-0.1, -0.05) is 20.8 Å². The van der Waals surface area contributed by atoms with Crippen molar-refractivity contribution in [2.45, 2.75) is 45.7 Å². The van der Waals surface area contributed by atoms with Crippen LogP contribution in [0.4, 0.5) is 0 Å². The summed E-state index contributed by atoms with van der Waals surface area (Å²) >= 11 is 0. The molecule has 0 aliphatic carbocycles. The van der Waals surface area contributed by atoms with Crippen LogP contribution in [0.1, 0.15) is 33.6 Å². The Morgan fingerprint density at radius 2 is 2.12 bits per heavy atom. The first-order valence-electron chi connectivity index (χ1n) is 6.07. The number of carbonyl (C=O) groups is 2. The first-order chi connectivity index (χ1) is 8.02. The van der Waals surface area contributed by atoms with Crippen molar-refractivity contribution in [2.75, 3.05) is 6.54 Å². The lowest BCUT2D eigenvalue weighted by atomic mass is 9.96. The summed E-state index contributed by atoms with van der Waals surface area (Å²) in [5, 5.41) is 2.77. The Morgan fingerprint density at radius 1 is 1.47 bits per heavy atom. The van der Waals surface area contributed by atoms with Gasteiger partial charge in [-0.3, -0.25) is 9.59 Å². The van der Waals surface area contributed by atoms with Crippen LogP contribution < -0.4 is 5.32 Å². The summed E-state index contributed by atoms with van der Waals surface area (Å²) in [6, 6.07) is -0.783. The third-order valence-electron chi connectivity index (χ3n) is 3.04. The molecule has 1 fully saturated rings. The number of piperazine rings is 1. The Balaban J connectivity index is 2.92. The van der Waals surface area contributed by atoms with Crippen molar-refractivity contribution in [2.24, 2.45) is 5.92 Å². The maximum atomic E-state index is 12.2. The lowest BCUT2D eigenvalue weighted by Gasteiger charge is -2.40. The second-order valence-corrected chi connectivity index (χ2v) is 4.64. The van der Waals surface area contributed by atoms with E-state index in [0.717, 1.165) is 0 Å². The summed E-state index contributed by atoms with van der Waals surface area (Å²) in [6.45, 7) is 6.22. The highest BCUT2D eigenvalue weighted by molar-refractivity contribution is 5.97. The molecule has 2 amide bonds. The molecule has 4 heteroatoms. The number of carbonyl (C=O) groups excluding carboxylic acids is 2. The van der Waals surface area contributed by atoms with Gasteiger partial charge < -0.3 is 10.2 Å². The molecule has 2 atom stereocenters. The van der Waals surface area contributed by atoms with E-state index >= 15 is 0 Å². The molecule has 0 radical (unpaired) electrons. The molecule has 0 spiro atoms. The van der Waals surface area contributed by atoms with Gasteiger partial charge in [-0.2, -0.15) is 0 Å². The van der Waals surface area contributed by atoms with Gasteiger partial charge in [0.05, 0.1) is 0 Å². The van der Waals surface area contributed by atoms with Gasteiger partial charge in [-0.25, -0.2) is 0 Å². The van der Waals surface area contributed by atoms with Gasteiger partial charge >= 0.3 is 0 Å². The van der Waals surface area contributed by atoms with Gasteiger partial charge in [0, 0.05) is 13.0 Å². The quantitative estimate of drug-likeness (QED) is 0.733. The van der Waals surface area contributed by atoms with Crippen LogP contribution in [0.2, 0.25) is 0 Å². The smallest absolute Gasteiger partial charge is 0.245 e. The fourth-order valence-electron chi connectivity index (χ4n) is 2.17. The number of hydrogen-bond donors (Lipinski definition) is 1. The molecule has 94 valence electrons. The third kappa shape index (κ3) is 2.79. The van der Waals surface area contributed by atoms with Crippen molar-refractivity contribution >= 4 is 11.8 Å². The largest absolute Gasteiger partial charge is 0.343 e. The standard InChI is InChI=1S/C13H20N2O2/c1-5-7-8-15-11(9(3)4)12(16)14-10(6-2)13(15)17/h1,9-11H,6-8H2,2-4H3,(H,14,16). The molecule has 1 aliphatic rings. The molecule has 4 nitrogen and oxygen atoms in total. The number of rotatable bonds is 4. The first-order valence-corrected chi connectivity index (χ1v) is 6.07. The Bertz CT molecular complexity index is 344. The van der Waals surface area contributed by atoms with E-state index in [-0.39, 0.29) is 17.7 Å². The average Bonchev–Trinajstić information content (AvgIpc) is 2.28. The second kappa shape index (κ2) is 5.72. The predicted molar refractivity (Wildman–Crippen MR) is 66.0 cm³/mol. The Kier molecular flexibility index (Phi) is 4.56. The molecular weight excluding hydrogens is 216 g/mol. The molecule has 1 N–H and O–H groups in total. The number of nitrogens with one attached hydrogen (secondary N) is 1. The maximum Gasteiger partial charge on any atom is 0.245 e. The number of hydrogen-bond acceptors (Lipinski definition) is 2. The molecule has 0 aromatic carbocycles. The monoisotopic (exact) mass is 236 g/mol. The van der Waals surface area contributed by atoms with E-state index in [2.05, 4.69) is 11.2 Å².